The summed E-state index contributed by atoms with van der Waals surface area (Å²) in [5, 5.41) is 10.6. The van der Waals surface area contributed by atoms with Gasteiger partial charge in [0.2, 0.25) is 5.91 Å². The molecule has 0 aliphatic carbocycles. The monoisotopic (exact) mass is 239 g/mol. The summed E-state index contributed by atoms with van der Waals surface area (Å²) in [5.74, 6) is 0.575. The lowest BCUT2D eigenvalue weighted by Gasteiger charge is -2.27. The van der Waals surface area contributed by atoms with Crippen molar-refractivity contribution in [2.24, 2.45) is 12.8 Å². The van der Waals surface area contributed by atoms with Crippen molar-refractivity contribution in [1.29, 1.82) is 0 Å². The Bertz CT molecular complexity index is 383. The Morgan fingerprint density at radius 3 is 2.59 bits per heavy atom. The van der Waals surface area contributed by atoms with E-state index in [1.807, 2.05) is 27.8 Å². The summed E-state index contributed by atoms with van der Waals surface area (Å²) in [6.45, 7) is 5.69. The summed E-state index contributed by atoms with van der Waals surface area (Å²) >= 11 is 0. The standard InChI is InChI=1S/C11H21N5O/c1-5-11(12,6-2)10(17)14-8(3)9-15-13-7-16(9)4/h7-8H,5-6,12H2,1-4H3,(H,14,17). The highest BCUT2D eigenvalue weighted by Gasteiger charge is 2.31. The van der Waals surface area contributed by atoms with Crippen LogP contribution in [0.15, 0.2) is 6.33 Å². The van der Waals surface area contributed by atoms with E-state index >= 15 is 0 Å². The molecule has 0 aliphatic heterocycles. The van der Waals surface area contributed by atoms with Crippen LogP contribution < -0.4 is 11.1 Å². The van der Waals surface area contributed by atoms with Gasteiger partial charge in [0, 0.05) is 7.05 Å². The third-order valence-electron chi connectivity index (χ3n) is 3.20. The van der Waals surface area contributed by atoms with Crippen molar-refractivity contribution in [2.45, 2.75) is 45.2 Å². The molecule has 1 atom stereocenters. The second-order valence-electron chi connectivity index (χ2n) is 4.36. The fourth-order valence-electron chi connectivity index (χ4n) is 1.66. The largest absolute Gasteiger partial charge is 0.345 e. The summed E-state index contributed by atoms with van der Waals surface area (Å²) in [4.78, 5) is 12.1. The van der Waals surface area contributed by atoms with Crippen molar-refractivity contribution in [3.63, 3.8) is 0 Å². The van der Waals surface area contributed by atoms with E-state index in [4.69, 9.17) is 5.73 Å². The van der Waals surface area contributed by atoms with Gasteiger partial charge in [0.25, 0.3) is 0 Å². The van der Waals surface area contributed by atoms with Gasteiger partial charge in [0.15, 0.2) is 5.82 Å². The maximum absolute atomic E-state index is 12.1. The zero-order valence-corrected chi connectivity index (χ0v) is 10.9. The lowest BCUT2D eigenvalue weighted by atomic mass is 9.93. The number of rotatable bonds is 5. The van der Waals surface area contributed by atoms with E-state index in [9.17, 15) is 4.79 Å². The average molecular weight is 239 g/mol. The predicted molar refractivity (Wildman–Crippen MR) is 65.1 cm³/mol. The topological polar surface area (TPSA) is 85.8 Å². The lowest BCUT2D eigenvalue weighted by molar-refractivity contribution is -0.127. The molecular formula is C11H21N5O. The van der Waals surface area contributed by atoms with Crippen LogP contribution in [0.4, 0.5) is 0 Å². The van der Waals surface area contributed by atoms with Gasteiger partial charge in [-0.05, 0) is 19.8 Å². The van der Waals surface area contributed by atoms with E-state index in [1.165, 1.54) is 0 Å². The van der Waals surface area contributed by atoms with Crippen LogP contribution in [-0.4, -0.2) is 26.2 Å². The van der Waals surface area contributed by atoms with Crippen molar-refractivity contribution in [1.82, 2.24) is 20.1 Å². The van der Waals surface area contributed by atoms with Gasteiger partial charge in [-0.3, -0.25) is 4.79 Å². The van der Waals surface area contributed by atoms with Crippen molar-refractivity contribution < 1.29 is 4.79 Å². The summed E-state index contributed by atoms with van der Waals surface area (Å²) in [7, 11) is 1.84. The van der Waals surface area contributed by atoms with Gasteiger partial charge < -0.3 is 15.6 Å². The van der Waals surface area contributed by atoms with Crippen molar-refractivity contribution in [3.8, 4) is 0 Å². The van der Waals surface area contributed by atoms with E-state index in [-0.39, 0.29) is 11.9 Å². The van der Waals surface area contributed by atoms with Gasteiger partial charge >= 0.3 is 0 Å². The number of hydrogen-bond acceptors (Lipinski definition) is 4. The quantitative estimate of drug-likeness (QED) is 0.784. The summed E-state index contributed by atoms with van der Waals surface area (Å²) in [6, 6.07) is -0.198. The van der Waals surface area contributed by atoms with Crippen LogP contribution in [0, 0.1) is 0 Å². The molecule has 1 aromatic heterocycles. The number of hydrogen-bond donors (Lipinski definition) is 2. The number of aromatic nitrogens is 3. The zero-order valence-electron chi connectivity index (χ0n) is 10.9. The molecule has 0 saturated carbocycles. The van der Waals surface area contributed by atoms with Gasteiger partial charge in [-0.15, -0.1) is 10.2 Å². The molecule has 1 unspecified atom stereocenters. The summed E-state index contributed by atoms with van der Waals surface area (Å²) in [5.41, 5.74) is 5.23. The molecule has 0 aliphatic rings. The molecule has 96 valence electrons. The smallest absolute Gasteiger partial charge is 0.240 e. The molecule has 1 aromatic rings. The zero-order chi connectivity index (χ0) is 13.1. The molecule has 0 aromatic carbocycles. The Morgan fingerprint density at radius 2 is 2.18 bits per heavy atom. The van der Waals surface area contributed by atoms with E-state index in [1.54, 1.807) is 10.9 Å². The highest BCUT2D eigenvalue weighted by molar-refractivity contribution is 5.86. The molecule has 0 radical (unpaired) electrons. The van der Waals surface area contributed by atoms with Crippen molar-refractivity contribution in [2.75, 3.05) is 0 Å². The average Bonchev–Trinajstić information content (AvgIpc) is 2.74. The molecule has 0 fully saturated rings. The third kappa shape index (κ3) is 2.82. The first-order valence-corrected chi connectivity index (χ1v) is 5.88. The molecule has 1 rings (SSSR count). The number of aryl methyl sites for hydroxylation is 1. The first-order valence-electron chi connectivity index (χ1n) is 5.88. The van der Waals surface area contributed by atoms with Crippen molar-refractivity contribution in [3.05, 3.63) is 12.2 Å². The second-order valence-corrected chi connectivity index (χ2v) is 4.36. The van der Waals surface area contributed by atoms with Gasteiger partial charge in [-0.1, -0.05) is 13.8 Å². The van der Waals surface area contributed by atoms with Crippen LogP contribution in [0.3, 0.4) is 0 Å². The maximum Gasteiger partial charge on any atom is 0.240 e. The van der Waals surface area contributed by atoms with E-state index in [0.717, 1.165) is 0 Å². The number of amides is 1. The molecular weight excluding hydrogens is 218 g/mol. The van der Waals surface area contributed by atoms with Crippen LogP contribution in [0.25, 0.3) is 0 Å². The van der Waals surface area contributed by atoms with E-state index in [2.05, 4.69) is 15.5 Å². The van der Waals surface area contributed by atoms with Gasteiger partial charge in [0.05, 0.1) is 11.6 Å². The van der Waals surface area contributed by atoms with Gasteiger partial charge in [-0.2, -0.15) is 0 Å². The van der Waals surface area contributed by atoms with Crippen LogP contribution in [-0.2, 0) is 11.8 Å². The normalized spacial score (nSPS) is 13.5. The molecule has 3 N–H and O–H groups in total. The number of nitrogens with two attached hydrogens (primary N) is 1. The number of nitrogens with zero attached hydrogens (tertiary/aromatic N) is 3. The minimum atomic E-state index is -0.799. The van der Waals surface area contributed by atoms with Crippen LogP contribution in [0.5, 0.6) is 0 Å². The molecule has 1 heterocycles. The molecule has 6 heteroatoms. The number of nitrogens with one attached hydrogen (secondary N) is 1. The Balaban J connectivity index is 2.73. The van der Waals surface area contributed by atoms with Crippen LogP contribution in [0.2, 0.25) is 0 Å². The lowest BCUT2D eigenvalue weighted by Crippen LogP contribution is -2.53. The molecule has 1 amide bonds. The van der Waals surface area contributed by atoms with Crippen LogP contribution >= 0.6 is 0 Å². The van der Waals surface area contributed by atoms with Crippen LogP contribution in [0.1, 0.15) is 45.5 Å². The molecule has 0 saturated heterocycles. The molecule has 0 spiro atoms. The number of carbonyl (C=O) groups is 1. The van der Waals surface area contributed by atoms with E-state index < -0.39 is 5.54 Å². The predicted octanol–water partition coefficient (Wildman–Crippen LogP) is 0.510. The Kier molecular flexibility index (Phi) is 4.22. The second kappa shape index (κ2) is 5.27. The SMILES string of the molecule is CCC(N)(CC)C(=O)NC(C)c1nncn1C. The third-order valence-corrected chi connectivity index (χ3v) is 3.20. The summed E-state index contributed by atoms with van der Waals surface area (Å²) < 4.78 is 1.78. The minimum Gasteiger partial charge on any atom is -0.345 e. The highest BCUT2D eigenvalue weighted by Crippen LogP contribution is 2.14. The van der Waals surface area contributed by atoms with Gasteiger partial charge in [-0.25, -0.2) is 0 Å². The summed E-state index contributed by atoms with van der Waals surface area (Å²) in [6.07, 6.45) is 2.83. The highest BCUT2D eigenvalue weighted by atomic mass is 16.2. The maximum atomic E-state index is 12.1. The molecule has 17 heavy (non-hydrogen) atoms. The first-order chi connectivity index (χ1) is 7.94. The minimum absolute atomic E-state index is 0.141. The van der Waals surface area contributed by atoms with Crippen molar-refractivity contribution >= 4 is 5.91 Å². The molecule has 6 nitrogen and oxygen atoms in total. The fraction of sp³-hybridized carbons (Fsp3) is 0.727. The van der Waals surface area contributed by atoms with Gasteiger partial charge in [0.1, 0.15) is 6.33 Å². The Morgan fingerprint density at radius 1 is 1.59 bits per heavy atom. The first kappa shape index (κ1) is 13.6. The fourth-order valence-corrected chi connectivity index (χ4v) is 1.66. The Labute approximate surface area is 102 Å². The number of carbonyl (C=O) groups excluding carboxylic acids is 1. The van der Waals surface area contributed by atoms with E-state index in [0.29, 0.717) is 18.7 Å². The Hall–Kier alpha value is -1.43. The molecule has 0 bridgehead atoms.